The van der Waals surface area contributed by atoms with Crippen molar-refractivity contribution in [3.05, 3.63) is 39.4 Å². The van der Waals surface area contributed by atoms with E-state index in [0.717, 1.165) is 0 Å². The van der Waals surface area contributed by atoms with Gasteiger partial charge in [0, 0.05) is 10.0 Å². The highest BCUT2D eigenvalue weighted by atomic mass is 35.5. The molecule has 1 aliphatic heterocycles. The van der Waals surface area contributed by atoms with Gasteiger partial charge in [-0.3, -0.25) is 0 Å². The summed E-state index contributed by atoms with van der Waals surface area (Å²) in [5.74, 6) is -0.436. The normalized spacial score (nSPS) is 17.2. The zero-order chi connectivity index (χ0) is 12.4. The van der Waals surface area contributed by atoms with Gasteiger partial charge in [-0.25, -0.2) is 4.79 Å². The minimum absolute atomic E-state index is 0.1000. The summed E-state index contributed by atoms with van der Waals surface area (Å²) in [6, 6.07) is 4.97. The molecule has 1 aliphatic rings. The fourth-order valence-electron chi connectivity index (χ4n) is 1.33. The molecule has 17 heavy (non-hydrogen) atoms. The van der Waals surface area contributed by atoms with Gasteiger partial charge in [-0.15, -0.1) is 11.6 Å². The highest BCUT2D eigenvalue weighted by Crippen LogP contribution is 2.25. The van der Waals surface area contributed by atoms with E-state index in [9.17, 15) is 4.79 Å². The van der Waals surface area contributed by atoms with Crippen molar-refractivity contribution in [2.75, 3.05) is 5.88 Å². The van der Waals surface area contributed by atoms with Crippen molar-refractivity contribution in [2.24, 2.45) is 5.16 Å². The average molecular weight is 291 g/mol. The number of halogens is 3. The Labute approximate surface area is 113 Å². The van der Waals surface area contributed by atoms with Gasteiger partial charge < -0.3 is 4.84 Å². The molecule has 0 fully saturated rings. The summed E-state index contributed by atoms with van der Waals surface area (Å²) in [5.41, 5.74) is 1.36. The van der Waals surface area contributed by atoms with Crippen molar-refractivity contribution >= 4 is 52.6 Å². The second-order valence-corrected chi connectivity index (χ2v) is 4.39. The first-order chi connectivity index (χ1) is 8.11. The van der Waals surface area contributed by atoms with Crippen LogP contribution in [0.3, 0.4) is 0 Å². The number of hydrogen-bond donors (Lipinski definition) is 0. The van der Waals surface area contributed by atoms with E-state index < -0.39 is 5.97 Å². The van der Waals surface area contributed by atoms with Crippen LogP contribution in [0.2, 0.25) is 10.0 Å². The highest BCUT2D eigenvalue weighted by Gasteiger charge is 2.24. The average Bonchev–Trinajstić information content (AvgIpc) is 2.64. The Bertz CT molecular complexity index is 538. The lowest BCUT2D eigenvalue weighted by atomic mass is 10.1. The number of carbonyl (C=O) groups excluding carboxylic acids is 1. The summed E-state index contributed by atoms with van der Waals surface area (Å²) in [6.45, 7) is 0. The lowest BCUT2D eigenvalue weighted by Gasteiger charge is -2.00. The van der Waals surface area contributed by atoms with Gasteiger partial charge in [0.25, 0.3) is 0 Å². The third kappa shape index (κ3) is 2.63. The molecule has 6 heteroatoms. The third-order valence-corrected chi connectivity index (χ3v) is 2.97. The molecule has 0 bridgehead atoms. The zero-order valence-electron chi connectivity index (χ0n) is 8.41. The molecule has 0 spiro atoms. The van der Waals surface area contributed by atoms with Crippen LogP contribution in [0, 0.1) is 0 Å². The fourth-order valence-corrected chi connectivity index (χ4v) is 1.98. The lowest BCUT2D eigenvalue weighted by Crippen LogP contribution is -2.06. The largest absolute Gasteiger partial charge is 0.367 e. The van der Waals surface area contributed by atoms with Crippen LogP contribution in [0.15, 0.2) is 28.9 Å². The molecule has 1 aromatic carbocycles. The number of hydrogen-bond acceptors (Lipinski definition) is 3. The first-order valence-corrected chi connectivity index (χ1v) is 5.92. The Kier molecular flexibility index (Phi) is 3.72. The molecule has 0 saturated heterocycles. The molecule has 0 aromatic heterocycles. The molecule has 2 rings (SSSR count). The summed E-state index contributed by atoms with van der Waals surface area (Å²) >= 11 is 17.4. The minimum atomic E-state index is -0.535. The smallest absolute Gasteiger partial charge is 0.312 e. The van der Waals surface area contributed by atoms with Gasteiger partial charge in [-0.2, -0.15) is 0 Å². The van der Waals surface area contributed by atoms with Crippen LogP contribution >= 0.6 is 34.8 Å². The van der Waals surface area contributed by atoms with Crippen LogP contribution in [-0.4, -0.2) is 17.6 Å². The van der Waals surface area contributed by atoms with Crippen molar-refractivity contribution < 1.29 is 9.63 Å². The van der Waals surface area contributed by atoms with Gasteiger partial charge in [0.15, 0.2) is 0 Å². The van der Waals surface area contributed by atoms with Crippen molar-refractivity contribution in [2.45, 2.75) is 0 Å². The molecule has 0 unspecified atom stereocenters. The number of oxime groups is 1. The molecule has 0 aliphatic carbocycles. The number of nitrogens with zero attached hydrogens (tertiary/aromatic N) is 1. The first kappa shape index (κ1) is 12.4. The maximum atomic E-state index is 11.4. The highest BCUT2D eigenvalue weighted by molar-refractivity contribution is 6.39. The van der Waals surface area contributed by atoms with Crippen molar-refractivity contribution in [3.8, 4) is 0 Å². The maximum Gasteiger partial charge on any atom is 0.367 e. The molecule has 0 atom stereocenters. The Morgan fingerprint density at radius 3 is 2.76 bits per heavy atom. The van der Waals surface area contributed by atoms with Crippen molar-refractivity contribution in [1.29, 1.82) is 0 Å². The van der Waals surface area contributed by atoms with Crippen molar-refractivity contribution in [1.82, 2.24) is 0 Å². The van der Waals surface area contributed by atoms with E-state index >= 15 is 0 Å². The Hall–Kier alpha value is -1.03. The van der Waals surface area contributed by atoms with Crippen LogP contribution in [0.1, 0.15) is 5.56 Å². The number of alkyl halides is 1. The predicted octanol–water partition coefficient (Wildman–Crippen LogP) is 3.53. The van der Waals surface area contributed by atoms with E-state index in [4.69, 9.17) is 34.8 Å². The zero-order valence-corrected chi connectivity index (χ0v) is 10.7. The number of rotatable bonds is 2. The number of carbonyl (C=O) groups is 1. The van der Waals surface area contributed by atoms with Gasteiger partial charge in [0.1, 0.15) is 5.71 Å². The van der Waals surface area contributed by atoms with E-state index in [2.05, 4.69) is 9.99 Å². The van der Waals surface area contributed by atoms with E-state index in [1.807, 2.05) is 0 Å². The molecule has 88 valence electrons. The van der Waals surface area contributed by atoms with Crippen LogP contribution in [0.5, 0.6) is 0 Å². The van der Waals surface area contributed by atoms with Crippen LogP contribution in [0.4, 0.5) is 0 Å². The quantitative estimate of drug-likeness (QED) is 0.475. The molecule has 1 heterocycles. The third-order valence-electron chi connectivity index (χ3n) is 2.16. The summed E-state index contributed by atoms with van der Waals surface area (Å²) in [5, 5.41) is 4.53. The van der Waals surface area contributed by atoms with Crippen LogP contribution < -0.4 is 0 Å². The molecule has 0 N–H and O–H groups in total. The molecule has 0 saturated carbocycles. The summed E-state index contributed by atoms with van der Waals surface area (Å²) in [6.07, 6.45) is 1.58. The minimum Gasteiger partial charge on any atom is -0.312 e. The van der Waals surface area contributed by atoms with E-state index in [-0.39, 0.29) is 5.88 Å². The number of benzene rings is 1. The van der Waals surface area contributed by atoms with E-state index in [1.165, 1.54) is 0 Å². The van der Waals surface area contributed by atoms with Gasteiger partial charge >= 0.3 is 5.97 Å². The standard InChI is InChI=1S/C11H6Cl3NO2/c12-5-10-8(11(16)17-15-10)3-6-1-2-7(13)4-9(6)14/h1-4H,5H2. The fraction of sp³-hybridized carbons (Fsp3) is 0.0909. The van der Waals surface area contributed by atoms with Gasteiger partial charge in [0.05, 0.1) is 11.5 Å². The van der Waals surface area contributed by atoms with Gasteiger partial charge in [-0.1, -0.05) is 34.4 Å². The Morgan fingerprint density at radius 2 is 2.12 bits per heavy atom. The molecule has 1 aromatic rings. The first-order valence-electron chi connectivity index (χ1n) is 4.63. The lowest BCUT2D eigenvalue weighted by molar-refractivity contribution is -0.136. The van der Waals surface area contributed by atoms with Gasteiger partial charge in [-0.05, 0) is 23.8 Å². The molecular formula is C11H6Cl3NO2. The topological polar surface area (TPSA) is 38.7 Å². The molecule has 0 radical (unpaired) electrons. The predicted molar refractivity (Wildman–Crippen MR) is 68.7 cm³/mol. The molecular weight excluding hydrogens is 284 g/mol. The summed E-state index contributed by atoms with van der Waals surface area (Å²) in [4.78, 5) is 15.9. The second kappa shape index (κ2) is 5.08. The monoisotopic (exact) mass is 289 g/mol. The van der Waals surface area contributed by atoms with E-state index in [1.54, 1.807) is 24.3 Å². The Morgan fingerprint density at radius 1 is 1.35 bits per heavy atom. The SMILES string of the molecule is O=C1ON=C(CCl)C1=Cc1ccc(Cl)cc1Cl. The summed E-state index contributed by atoms with van der Waals surface area (Å²) in [7, 11) is 0. The second-order valence-electron chi connectivity index (χ2n) is 3.27. The molecule has 0 amide bonds. The molecule has 3 nitrogen and oxygen atoms in total. The maximum absolute atomic E-state index is 11.4. The van der Waals surface area contributed by atoms with Gasteiger partial charge in [0.2, 0.25) is 0 Å². The Balaban J connectivity index is 2.42. The van der Waals surface area contributed by atoms with E-state index in [0.29, 0.717) is 26.9 Å². The van der Waals surface area contributed by atoms with Crippen LogP contribution in [-0.2, 0) is 9.63 Å². The van der Waals surface area contributed by atoms with Crippen LogP contribution in [0.25, 0.3) is 6.08 Å². The summed E-state index contributed by atoms with van der Waals surface area (Å²) < 4.78 is 0. The van der Waals surface area contributed by atoms with Crippen molar-refractivity contribution in [3.63, 3.8) is 0 Å².